The number of carbonyl (C=O) groups is 1. The van der Waals surface area contributed by atoms with Crippen molar-refractivity contribution in [1.29, 1.82) is 0 Å². The first kappa shape index (κ1) is 13.4. The summed E-state index contributed by atoms with van der Waals surface area (Å²) in [5.74, 6) is 1.04. The van der Waals surface area contributed by atoms with Crippen LogP contribution in [0.15, 0.2) is 40.3 Å². The summed E-state index contributed by atoms with van der Waals surface area (Å²) < 4.78 is 10.8. The van der Waals surface area contributed by atoms with E-state index in [2.05, 4.69) is 11.4 Å². The van der Waals surface area contributed by atoms with E-state index in [4.69, 9.17) is 9.15 Å². The van der Waals surface area contributed by atoms with Crippen LogP contribution in [-0.4, -0.2) is 25.7 Å². The maximum Gasteiger partial charge on any atom is 0.225 e. The molecule has 0 saturated carbocycles. The summed E-state index contributed by atoms with van der Waals surface area (Å²) >= 11 is 1.68. The van der Waals surface area contributed by atoms with Gasteiger partial charge in [0.2, 0.25) is 5.91 Å². The maximum absolute atomic E-state index is 12.1. The molecule has 1 saturated heterocycles. The third-order valence-corrected chi connectivity index (χ3v) is 4.54. The van der Waals surface area contributed by atoms with Gasteiger partial charge in [-0.2, -0.15) is 0 Å². The first-order chi connectivity index (χ1) is 9.84. The fraction of sp³-hybridized carbons (Fsp3) is 0.400. The van der Waals surface area contributed by atoms with Crippen molar-refractivity contribution >= 4 is 17.2 Å². The standard InChI is InChI=1S/C15H17NO3S/c17-15(11-5-7-18-10-11)16-9-12(13-3-1-6-19-13)14-4-2-8-20-14/h1-4,6,8,11-12H,5,7,9-10H2,(H,16,17)/t11-,12+/m1/s1. The first-order valence-electron chi connectivity index (χ1n) is 6.77. The highest BCUT2D eigenvalue weighted by molar-refractivity contribution is 7.10. The predicted molar refractivity (Wildman–Crippen MR) is 76.8 cm³/mol. The normalized spacial score (nSPS) is 19.9. The lowest BCUT2D eigenvalue weighted by atomic mass is 10.0. The Bertz CT molecular complexity index is 495. The van der Waals surface area contributed by atoms with Crippen molar-refractivity contribution < 1.29 is 13.9 Å². The number of ether oxygens (including phenoxy) is 1. The Kier molecular flexibility index (Phi) is 4.18. The summed E-state index contributed by atoms with van der Waals surface area (Å²) in [6.07, 6.45) is 2.48. The minimum Gasteiger partial charge on any atom is -0.469 e. The molecule has 1 aliphatic heterocycles. The lowest BCUT2D eigenvalue weighted by Gasteiger charge is -2.15. The number of furan rings is 1. The molecule has 0 radical (unpaired) electrons. The van der Waals surface area contributed by atoms with Gasteiger partial charge in [0.05, 0.1) is 24.7 Å². The lowest BCUT2D eigenvalue weighted by molar-refractivity contribution is -0.124. The second-order valence-corrected chi connectivity index (χ2v) is 5.87. The van der Waals surface area contributed by atoms with Crippen LogP contribution in [0.4, 0.5) is 0 Å². The van der Waals surface area contributed by atoms with Crippen LogP contribution < -0.4 is 5.32 Å². The third kappa shape index (κ3) is 2.94. The highest BCUT2D eigenvalue weighted by Crippen LogP contribution is 2.28. The summed E-state index contributed by atoms with van der Waals surface area (Å²) in [6.45, 7) is 1.78. The van der Waals surface area contributed by atoms with E-state index in [0.29, 0.717) is 19.8 Å². The van der Waals surface area contributed by atoms with Gasteiger partial charge in [-0.1, -0.05) is 6.07 Å². The zero-order valence-electron chi connectivity index (χ0n) is 11.1. The molecule has 2 aromatic rings. The van der Waals surface area contributed by atoms with E-state index in [-0.39, 0.29) is 17.7 Å². The van der Waals surface area contributed by atoms with Crippen LogP contribution in [0.3, 0.4) is 0 Å². The molecule has 3 rings (SSSR count). The number of amides is 1. The Morgan fingerprint density at radius 2 is 2.40 bits per heavy atom. The number of hydrogen-bond donors (Lipinski definition) is 1. The van der Waals surface area contributed by atoms with Gasteiger partial charge in [-0.3, -0.25) is 4.79 Å². The molecule has 2 aromatic heterocycles. The Hall–Kier alpha value is -1.59. The highest BCUT2D eigenvalue weighted by Gasteiger charge is 2.25. The van der Waals surface area contributed by atoms with E-state index in [9.17, 15) is 4.79 Å². The molecule has 0 unspecified atom stereocenters. The van der Waals surface area contributed by atoms with E-state index < -0.39 is 0 Å². The average Bonchev–Trinajstić information content (AvgIpc) is 3.22. The molecule has 106 valence electrons. The van der Waals surface area contributed by atoms with Crippen molar-refractivity contribution in [3.8, 4) is 0 Å². The van der Waals surface area contributed by atoms with E-state index in [0.717, 1.165) is 12.2 Å². The summed E-state index contributed by atoms with van der Waals surface area (Å²) in [5, 5.41) is 5.07. The van der Waals surface area contributed by atoms with Gasteiger partial charge in [-0.25, -0.2) is 0 Å². The van der Waals surface area contributed by atoms with Crippen LogP contribution in [0.2, 0.25) is 0 Å². The summed E-state index contributed by atoms with van der Waals surface area (Å²) in [7, 11) is 0. The maximum atomic E-state index is 12.1. The summed E-state index contributed by atoms with van der Waals surface area (Å²) in [5.41, 5.74) is 0. The third-order valence-electron chi connectivity index (χ3n) is 3.55. The van der Waals surface area contributed by atoms with E-state index in [1.165, 1.54) is 4.88 Å². The minimum atomic E-state index is -0.00409. The molecule has 1 amide bonds. The van der Waals surface area contributed by atoms with Crippen molar-refractivity contribution in [2.24, 2.45) is 5.92 Å². The molecule has 0 bridgehead atoms. The zero-order chi connectivity index (χ0) is 13.8. The van der Waals surface area contributed by atoms with Crippen LogP contribution in [-0.2, 0) is 9.53 Å². The largest absolute Gasteiger partial charge is 0.469 e. The number of hydrogen-bond acceptors (Lipinski definition) is 4. The number of rotatable bonds is 5. The van der Waals surface area contributed by atoms with Crippen molar-refractivity contribution in [1.82, 2.24) is 5.32 Å². The predicted octanol–water partition coefficient (Wildman–Crippen LogP) is 2.63. The van der Waals surface area contributed by atoms with E-state index in [1.54, 1.807) is 17.6 Å². The highest BCUT2D eigenvalue weighted by atomic mass is 32.1. The van der Waals surface area contributed by atoms with Gasteiger partial charge in [0.15, 0.2) is 0 Å². The van der Waals surface area contributed by atoms with Crippen LogP contribution in [0, 0.1) is 5.92 Å². The van der Waals surface area contributed by atoms with Gasteiger partial charge in [-0.15, -0.1) is 11.3 Å². The molecular formula is C15H17NO3S. The second kappa shape index (κ2) is 6.24. The summed E-state index contributed by atoms with van der Waals surface area (Å²) in [6, 6.07) is 7.92. The monoisotopic (exact) mass is 291 g/mol. The molecule has 0 spiro atoms. The van der Waals surface area contributed by atoms with E-state index in [1.807, 2.05) is 23.6 Å². The zero-order valence-corrected chi connectivity index (χ0v) is 11.9. The molecule has 2 atom stereocenters. The summed E-state index contributed by atoms with van der Waals surface area (Å²) in [4.78, 5) is 13.3. The number of thiophene rings is 1. The van der Waals surface area contributed by atoms with Crippen LogP contribution in [0.1, 0.15) is 23.0 Å². The molecule has 1 aliphatic rings. The number of nitrogens with one attached hydrogen (secondary N) is 1. The van der Waals surface area contributed by atoms with Crippen molar-refractivity contribution in [3.05, 3.63) is 46.5 Å². The Balaban J connectivity index is 1.66. The smallest absolute Gasteiger partial charge is 0.225 e. The minimum absolute atomic E-state index is 0.00409. The fourth-order valence-corrected chi connectivity index (χ4v) is 3.24. The molecule has 0 aliphatic carbocycles. The quantitative estimate of drug-likeness (QED) is 0.921. The van der Waals surface area contributed by atoms with Crippen molar-refractivity contribution in [3.63, 3.8) is 0 Å². The fourth-order valence-electron chi connectivity index (χ4n) is 2.41. The van der Waals surface area contributed by atoms with Gasteiger partial charge in [0, 0.05) is 18.0 Å². The van der Waals surface area contributed by atoms with Gasteiger partial charge >= 0.3 is 0 Å². The van der Waals surface area contributed by atoms with Gasteiger partial charge < -0.3 is 14.5 Å². The topological polar surface area (TPSA) is 51.5 Å². The average molecular weight is 291 g/mol. The molecular weight excluding hydrogens is 274 g/mol. The van der Waals surface area contributed by atoms with Crippen LogP contribution in [0.25, 0.3) is 0 Å². The van der Waals surface area contributed by atoms with E-state index >= 15 is 0 Å². The lowest BCUT2D eigenvalue weighted by Crippen LogP contribution is -2.34. The Morgan fingerprint density at radius 3 is 3.05 bits per heavy atom. The molecule has 1 fully saturated rings. The van der Waals surface area contributed by atoms with Gasteiger partial charge in [-0.05, 0) is 30.0 Å². The molecule has 20 heavy (non-hydrogen) atoms. The van der Waals surface area contributed by atoms with Gasteiger partial charge in [0.1, 0.15) is 5.76 Å². The Labute approximate surface area is 121 Å². The van der Waals surface area contributed by atoms with Crippen molar-refractivity contribution in [2.75, 3.05) is 19.8 Å². The van der Waals surface area contributed by atoms with Crippen molar-refractivity contribution in [2.45, 2.75) is 12.3 Å². The molecule has 4 nitrogen and oxygen atoms in total. The molecule has 5 heteroatoms. The molecule has 0 aromatic carbocycles. The van der Waals surface area contributed by atoms with Crippen LogP contribution >= 0.6 is 11.3 Å². The Morgan fingerprint density at radius 1 is 1.45 bits per heavy atom. The van der Waals surface area contributed by atoms with Crippen LogP contribution in [0.5, 0.6) is 0 Å². The number of carbonyl (C=O) groups excluding carboxylic acids is 1. The SMILES string of the molecule is O=C(NC[C@@H](c1ccco1)c1cccs1)[C@@H]1CCOC1. The molecule has 3 heterocycles. The molecule has 1 N–H and O–H groups in total. The first-order valence-corrected chi connectivity index (χ1v) is 7.65. The van der Waals surface area contributed by atoms with Gasteiger partial charge in [0.25, 0.3) is 0 Å². The second-order valence-electron chi connectivity index (χ2n) is 4.89.